The van der Waals surface area contributed by atoms with Gasteiger partial charge in [0.2, 0.25) is 15.9 Å². The SMILES string of the molecule is C[C@@H]1CN(c2cccc(-n3ccc(OCCC4(C(F)(F)F)CC4)n3)n2)C(C)(C)C1.NS(=O)(=O)c1ccccc1.S. The first-order valence-corrected chi connectivity index (χ1v) is 14.3. The molecular formula is C27H36F3N5O3S2. The first kappa shape index (κ1) is 31.8. The summed E-state index contributed by atoms with van der Waals surface area (Å²) in [6.07, 6.45) is -0.971. The van der Waals surface area contributed by atoms with Crippen LogP contribution in [-0.4, -0.2) is 48.0 Å². The number of aromatic nitrogens is 3. The van der Waals surface area contributed by atoms with E-state index in [4.69, 9.17) is 14.9 Å². The molecule has 1 saturated carbocycles. The predicted molar refractivity (Wildman–Crippen MR) is 153 cm³/mol. The minimum absolute atomic E-state index is 0. The summed E-state index contributed by atoms with van der Waals surface area (Å²) >= 11 is 0. The molecule has 1 aliphatic carbocycles. The molecule has 2 aromatic heterocycles. The van der Waals surface area contributed by atoms with E-state index in [9.17, 15) is 21.6 Å². The van der Waals surface area contributed by atoms with Gasteiger partial charge in [-0.15, -0.1) is 5.10 Å². The number of nitrogens with two attached hydrogens (primary N) is 1. The second-order valence-corrected chi connectivity index (χ2v) is 12.5. The topological polar surface area (TPSA) is 103 Å². The molecule has 5 rings (SSSR count). The van der Waals surface area contributed by atoms with Crippen LogP contribution in [-0.2, 0) is 10.0 Å². The fraction of sp³-hybridized carbons (Fsp3) is 0.481. The molecule has 0 bridgehead atoms. The maximum Gasteiger partial charge on any atom is 0.394 e. The summed E-state index contributed by atoms with van der Waals surface area (Å²) in [4.78, 5) is 7.21. The van der Waals surface area contributed by atoms with Gasteiger partial charge in [0.1, 0.15) is 5.82 Å². The molecule has 0 radical (unpaired) electrons. The fourth-order valence-corrected chi connectivity index (χ4v) is 5.52. The summed E-state index contributed by atoms with van der Waals surface area (Å²) in [5.41, 5.74) is -1.51. The van der Waals surface area contributed by atoms with E-state index in [1.165, 1.54) is 12.1 Å². The van der Waals surface area contributed by atoms with E-state index in [2.05, 4.69) is 30.8 Å². The van der Waals surface area contributed by atoms with Gasteiger partial charge in [-0.2, -0.15) is 26.7 Å². The number of halogens is 3. The Bertz CT molecular complexity index is 1380. The summed E-state index contributed by atoms with van der Waals surface area (Å²) in [6, 6.07) is 15.3. The van der Waals surface area contributed by atoms with Crippen molar-refractivity contribution in [2.45, 2.75) is 63.1 Å². The molecule has 1 aromatic carbocycles. The van der Waals surface area contributed by atoms with Gasteiger partial charge in [0.15, 0.2) is 5.82 Å². The molecule has 2 fully saturated rings. The van der Waals surface area contributed by atoms with E-state index >= 15 is 0 Å². The molecule has 2 N–H and O–H groups in total. The van der Waals surface area contributed by atoms with Crippen LogP contribution < -0.4 is 14.8 Å². The van der Waals surface area contributed by atoms with Crippen LogP contribution >= 0.6 is 13.5 Å². The van der Waals surface area contributed by atoms with Crippen LogP contribution in [0.15, 0.2) is 65.7 Å². The van der Waals surface area contributed by atoms with Gasteiger partial charge >= 0.3 is 6.18 Å². The van der Waals surface area contributed by atoms with Crippen LogP contribution in [0.25, 0.3) is 5.82 Å². The van der Waals surface area contributed by atoms with Gasteiger partial charge in [0.05, 0.1) is 16.9 Å². The average Bonchev–Trinajstić information content (AvgIpc) is 3.42. The summed E-state index contributed by atoms with van der Waals surface area (Å²) in [5.74, 6) is 2.47. The second kappa shape index (κ2) is 12.0. The quantitative estimate of drug-likeness (QED) is 0.388. The number of hydrogen-bond donors (Lipinski definition) is 1. The molecule has 220 valence electrons. The van der Waals surface area contributed by atoms with Gasteiger partial charge in [0, 0.05) is 24.3 Å². The number of nitrogens with zero attached hydrogens (tertiary/aromatic N) is 4. The second-order valence-electron chi connectivity index (χ2n) is 10.9. The Morgan fingerprint density at radius 3 is 2.23 bits per heavy atom. The molecule has 13 heteroatoms. The largest absolute Gasteiger partial charge is 0.477 e. The van der Waals surface area contributed by atoms with Crippen molar-refractivity contribution < 1.29 is 26.3 Å². The number of rotatable bonds is 7. The summed E-state index contributed by atoms with van der Waals surface area (Å²) < 4.78 is 67.3. The van der Waals surface area contributed by atoms with E-state index in [1.54, 1.807) is 35.1 Å². The highest BCUT2D eigenvalue weighted by Gasteiger charge is 2.62. The van der Waals surface area contributed by atoms with Crippen molar-refractivity contribution in [3.8, 4) is 11.7 Å². The zero-order valence-corrected chi connectivity index (χ0v) is 24.5. The van der Waals surface area contributed by atoms with Crippen molar-refractivity contribution in [3.63, 3.8) is 0 Å². The van der Waals surface area contributed by atoms with Gasteiger partial charge in [-0.1, -0.05) is 31.2 Å². The minimum Gasteiger partial charge on any atom is -0.477 e. The number of anilines is 1. The molecule has 1 aliphatic heterocycles. The van der Waals surface area contributed by atoms with Crippen LogP contribution in [0.3, 0.4) is 0 Å². The van der Waals surface area contributed by atoms with Crippen molar-refractivity contribution in [1.82, 2.24) is 14.8 Å². The van der Waals surface area contributed by atoms with Crippen molar-refractivity contribution in [3.05, 3.63) is 60.8 Å². The van der Waals surface area contributed by atoms with E-state index < -0.39 is 21.6 Å². The minimum atomic E-state index is -4.15. The zero-order valence-electron chi connectivity index (χ0n) is 22.7. The molecule has 3 heterocycles. The lowest BCUT2D eigenvalue weighted by Crippen LogP contribution is -2.38. The Balaban J connectivity index is 0.000000340. The van der Waals surface area contributed by atoms with E-state index in [0.29, 0.717) is 17.6 Å². The van der Waals surface area contributed by atoms with Crippen LogP contribution in [0.4, 0.5) is 19.0 Å². The standard InChI is InChI=1S/C21H27F3N4O.C6H7NO2S.H2S/c1-15-13-19(2,3)27(14-15)16-5-4-6-17(25-16)28-11-7-18(26-28)29-12-10-20(8-9-20)21(22,23)24;7-10(8,9)6-4-2-1-3-5-6;/h4-7,11,15H,8-10,12-14H2,1-3H3;1-5H,(H2,7,8,9);1H2/t15-;;/m0../s1. The molecule has 0 unspecified atom stereocenters. The average molecular weight is 600 g/mol. The van der Waals surface area contributed by atoms with Crippen molar-refractivity contribution in [2.75, 3.05) is 18.1 Å². The molecular weight excluding hydrogens is 563 g/mol. The lowest BCUT2D eigenvalue weighted by molar-refractivity contribution is -0.190. The number of pyridine rings is 1. The lowest BCUT2D eigenvalue weighted by Gasteiger charge is -2.32. The molecule has 8 nitrogen and oxygen atoms in total. The number of primary sulfonamides is 1. The van der Waals surface area contributed by atoms with Crippen LogP contribution in [0.5, 0.6) is 5.88 Å². The molecule has 3 aromatic rings. The highest BCUT2D eigenvalue weighted by atomic mass is 32.2. The zero-order chi connectivity index (χ0) is 28.5. The molecule has 1 atom stereocenters. The normalized spacial score (nSPS) is 19.3. The third kappa shape index (κ3) is 7.49. The Morgan fingerprint density at radius 2 is 1.70 bits per heavy atom. The molecule has 0 spiro atoms. The van der Waals surface area contributed by atoms with Crippen molar-refractivity contribution in [1.29, 1.82) is 0 Å². The number of ether oxygens (including phenoxy) is 1. The van der Waals surface area contributed by atoms with Gasteiger partial charge < -0.3 is 9.64 Å². The summed E-state index contributed by atoms with van der Waals surface area (Å²) in [6.45, 7) is 7.64. The molecule has 2 aliphatic rings. The van der Waals surface area contributed by atoms with E-state index in [-0.39, 0.29) is 49.8 Å². The van der Waals surface area contributed by atoms with E-state index in [0.717, 1.165) is 18.8 Å². The number of hydrogen-bond acceptors (Lipinski definition) is 6. The maximum atomic E-state index is 13.0. The Kier molecular flexibility index (Phi) is 9.52. The van der Waals surface area contributed by atoms with Gasteiger partial charge in [-0.05, 0) is 69.7 Å². The van der Waals surface area contributed by atoms with Crippen LogP contribution in [0, 0.1) is 11.3 Å². The highest BCUT2D eigenvalue weighted by Crippen LogP contribution is 2.59. The fourth-order valence-electron chi connectivity index (χ4n) is 4.98. The first-order chi connectivity index (χ1) is 18.2. The molecule has 1 saturated heterocycles. The van der Waals surface area contributed by atoms with Crippen molar-refractivity contribution in [2.24, 2.45) is 16.5 Å². The monoisotopic (exact) mass is 599 g/mol. The summed E-state index contributed by atoms with van der Waals surface area (Å²) in [5, 5.41) is 9.16. The Hall–Kier alpha value is -2.77. The van der Waals surface area contributed by atoms with Gasteiger partial charge in [0.25, 0.3) is 0 Å². The smallest absolute Gasteiger partial charge is 0.394 e. The third-order valence-electron chi connectivity index (χ3n) is 7.23. The molecule has 40 heavy (non-hydrogen) atoms. The maximum absolute atomic E-state index is 13.0. The Labute approximate surface area is 240 Å². The first-order valence-electron chi connectivity index (χ1n) is 12.8. The predicted octanol–water partition coefficient (Wildman–Crippen LogP) is 5.45. The highest BCUT2D eigenvalue weighted by molar-refractivity contribution is 7.89. The van der Waals surface area contributed by atoms with Crippen LogP contribution in [0.2, 0.25) is 0 Å². The third-order valence-corrected chi connectivity index (χ3v) is 8.15. The Morgan fingerprint density at radius 1 is 1.05 bits per heavy atom. The summed E-state index contributed by atoms with van der Waals surface area (Å²) in [7, 11) is -3.50. The van der Waals surface area contributed by atoms with E-state index in [1.807, 2.05) is 18.2 Å². The number of benzene rings is 1. The van der Waals surface area contributed by atoms with Crippen LogP contribution in [0.1, 0.15) is 46.5 Å². The van der Waals surface area contributed by atoms with Gasteiger partial charge in [-0.3, -0.25) is 0 Å². The number of alkyl halides is 3. The number of sulfonamides is 1. The lowest BCUT2D eigenvalue weighted by atomic mass is 9.98. The van der Waals surface area contributed by atoms with Crippen molar-refractivity contribution >= 4 is 29.3 Å². The van der Waals surface area contributed by atoms with Gasteiger partial charge in [-0.25, -0.2) is 23.2 Å². The molecule has 0 amide bonds.